The quantitative estimate of drug-likeness (QED) is 0.599. The summed E-state index contributed by atoms with van der Waals surface area (Å²) in [7, 11) is 0. The van der Waals surface area contributed by atoms with Gasteiger partial charge in [-0.25, -0.2) is 4.79 Å². The number of halogens is 3. The summed E-state index contributed by atoms with van der Waals surface area (Å²) < 4.78 is 44.9. The lowest BCUT2D eigenvalue weighted by atomic mass is 10.2. The second kappa shape index (κ2) is 8.89. The highest BCUT2D eigenvalue weighted by Crippen LogP contribution is 2.23. The molecule has 0 bridgehead atoms. The number of esters is 1. The second-order valence-corrected chi connectivity index (χ2v) is 5.43. The monoisotopic (exact) mass is 396 g/mol. The molecule has 28 heavy (non-hydrogen) atoms. The van der Waals surface area contributed by atoms with Gasteiger partial charge in [-0.3, -0.25) is 20.4 Å². The van der Waals surface area contributed by atoms with Crippen molar-refractivity contribution >= 4 is 17.8 Å². The van der Waals surface area contributed by atoms with E-state index >= 15 is 0 Å². The number of ether oxygens (including phenoxy) is 2. The molecule has 2 aromatic carbocycles. The fourth-order valence-corrected chi connectivity index (χ4v) is 1.96. The molecule has 2 amide bonds. The Kier molecular flexibility index (Phi) is 6.59. The third-order valence-electron chi connectivity index (χ3n) is 3.31. The Morgan fingerprint density at radius 3 is 2.07 bits per heavy atom. The smallest absolute Gasteiger partial charge is 0.449 e. The molecule has 0 aliphatic heterocycles. The van der Waals surface area contributed by atoms with Crippen molar-refractivity contribution in [2.45, 2.75) is 19.4 Å². The number of rotatable bonds is 5. The van der Waals surface area contributed by atoms with Crippen molar-refractivity contribution in [3.63, 3.8) is 0 Å². The highest BCUT2D eigenvalue weighted by atomic mass is 19.4. The molecule has 2 rings (SSSR count). The molecule has 0 heterocycles. The Balaban J connectivity index is 1.85. The van der Waals surface area contributed by atoms with E-state index in [9.17, 15) is 27.6 Å². The average Bonchev–Trinajstić information content (AvgIpc) is 2.65. The molecule has 0 saturated heterocycles. The molecule has 0 aromatic heterocycles. The van der Waals surface area contributed by atoms with E-state index in [0.29, 0.717) is 5.56 Å². The van der Waals surface area contributed by atoms with Crippen LogP contribution in [0, 0.1) is 0 Å². The van der Waals surface area contributed by atoms with Gasteiger partial charge < -0.3 is 9.47 Å². The van der Waals surface area contributed by atoms with Gasteiger partial charge in [0.2, 0.25) is 0 Å². The Bertz CT molecular complexity index is 839. The van der Waals surface area contributed by atoms with Gasteiger partial charge in [-0.1, -0.05) is 18.2 Å². The van der Waals surface area contributed by atoms with Crippen LogP contribution in [0.4, 0.5) is 13.2 Å². The number of amides is 2. The predicted octanol–water partition coefficient (Wildman–Crippen LogP) is 2.59. The van der Waals surface area contributed by atoms with Crippen LogP contribution in [0.3, 0.4) is 0 Å². The van der Waals surface area contributed by atoms with E-state index < -0.39 is 36.0 Å². The Labute approximate surface area is 157 Å². The molecule has 0 aliphatic carbocycles. The van der Waals surface area contributed by atoms with E-state index in [-0.39, 0.29) is 5.56 Å². The zero-order valence-corrected chi connectivity index (χ0v) is 14.4. The summed E-state index contributed by atoms with van der Waals surface area (Å²) >= 11 is 0. The van der Waals surface area contributed by atoms with Crippen LogP contribution in [0.15, 0.2) is 54.6 Å². The molecule has 148 valence electrons. The van der Waals surface area contributed by atoms with Crippen LogP contribution in [0.2, 0.25) is 0 Å². The first-order valence-corrected chi connectivity index (χ1v) is 7.88. The largest absolute Gasteiger partial charge is 0.573 e. The number of hydrazine groups is 1. The van der Waals surface area contributed by atoms with Crippen LogP contribution in [-0.4, -0.2) is 30.2 Å². The molecule has 0 spiro atoms. The minimum atomic E-state index is -4.85. The van der Waals surface area contributed by atoms with Crippen LogP contribution < -0.4 is 15.6 Å². The topological polar surface area (TPSA) is 93.7 Å². The summed E-state index contributed by atoms with van der Waals surface area (Å²) in [6.07, 6.45) is -6.12. The van der Waals surface area contributed by atoms with Gasteiger partial charge in [0.05, 0.1) is 5.56 Å². The van der Waals surface area contributed by atoms with E-state index in [4.69, 9.17) is 4.74 Å². The van der Waals surface area contributed by atoms with Crippen LogP contribution in [0.25, 0.3) is 0 Å². The highest BCUT2D eigenvalue weighted by Gasteiger charge is 2.31. The zero-order valence-electron chi connectivity index (χ0n) is 14.4. The zero-order chi connectivity index (χ0) is 20.7. The van der Waals surface area contributed by atoms with Crippen molar-refractivity contribution in [2.75, 3.05) is 0 Å². The maximum Gasteiger partial charge on any atom is 0.573 e. The molecule has 2 aromatic rings. The standard InChI is InChI=1S/C18H15F3N2O5/c1-11(15(24)22-23-16(25)12-5-3-2-4-6-12)27-17(26)13-7-9-14(10-8-13)28-18(19,20)21/h2-11H,1H3,(H,22,24)(H,23,25)/t11-/m1/s1. The minimum Gasteiger partial charge on any atom is -0.449 e. The summed E-state index contributed by atoms with van der Waals surface area (Å²) in [6.45, 7) is 1.27. The summed E-state index contributed by atoms with van der Waals surface area (Å²) in [6, 6.07) is 12.1. The van der Waals surface area contributed by atoms with Gasteiger partial charge in [-0.15, -0.1) is 13.2 Å². The fraction of sp³-hybridized carbons (Fsp3) is 0.167. The molecule has 0 saturated carbocycles. The maximum absolute atomic E-state index is 12.1. The number of nitrogens with one attached hydrogen (secondary N) is 2. The van der Waals surface area contributed by atoms with Gasteiger partial charge in [-0.2, -0.15) is 0 Å². The van der Waals surface area contributed by atoms with Gasteiger partial charge in [0.15, 0.2) is 6.10 Å². The first kappa shape index (κ1) is 20.7. The van der Waals surface area contributed by atoms with Gasteiger partial charge in [0.25, 0.3) is 11.8 Å². The Hall–Kier alpha value is -3.56. The summed E-state index contributed by atoms with van der Waals surface area (Å²) in [5, 5.41) is 0. The molecule has 1 atom stereocenters. The summed E-state index contributed by atoms with van der Waals surface area (Å²) in [4.78, 5) is 35.7. The molecular formula is C18H15F3N2O5. The third kappa shape index (κ3) is 6.31. The summed E-state index contributed by atoms with van der Waals surface area (Å²) in [5.74, 6) is -2.79. The van der Waals surface area contributed by atoms with Crippen LogP contribution in [0.5, 0.6) is 5.75 Å². The first-order valence-electron chi connectivity index (χ1n) is 7.88. The van der Waals surface area contributed by atoms with Crippen LogP contribution in [0.1, 0.15) is 27.6 Å². The number of carbonyl (C=O) groups is 3. The van der Waals surface area contributed by atoms with E-state index in [2.05, 4.69) is 15.6 Å². The second-order valence-electron chi connectivity index (χ2n) is 5.43. The first-order chi connectivity index (χ1) is 13.2. The molecule has 0 radical (unpaired) electrons. The van der Waals surface area contributed by atoms with Crippen molar-refractivity contribution < 1.29 is 37.0 Å². The molecule has 0 aliphatic rings. The van der Waals surface area contributed by atoms with Crippen LogP contribution >= 0.6 is 0 Å². The molecular weight excluding hydrogens is 381 g/mol. The normalized spacial score (nSPS) is 11.9. The van der Waals surface area contributed by atoms with E-state index in [0.717, 1.165) is 24.3 Å². The number of carbonyl (C=O) groups excluding carboxylic acids is 3. The lowest BCUT2D eigenvalue weighted by Gasteiger charge is -2.14. The van der Waals surface area contributed by atoms with Crippen LogP contribution in [-0.2, 0) is 9.53 Å². The lowest BCUT2D eigenvalue weighted by molar-refractivity contribution is -0.274. The van der Waals surface area contributed by atoms with Gasteiger partial charge >= 0.3 is 12.3 Å². The molecule has 7 nitrogen and oxygen atoms in total. The van der Waals surface area contributed by atoms with Gasteiger partial charge in [0, 0.05) is 5.56 Å². The van der Waals surface area contributed by atoms with E-state index in [1.807, 2.05) is 0 Å². The highest BCUT2D eigenvalue weighted by molar-refractivity contribution is 5.96. The number of benzene rings is 2. The van der Waals surface area contributed by atoms with Crippen molar-refractivity contribution in [3.05, 3.63) is 65.7 Å². The molecule has 2 N–H and O–H groups in total. The Morgan fingerprint density at radius 1 is 0.893 bits per heavy atom. The van der Waals surface area contributed by atoms with Gasteiger partial charge in [-0.05, 0) is 43.3 Å². The maximum atomic E-state index is 12.1. The Morgan fingerprint density at radius 2 is 1.50 bits per heavy atom. The SMILES string of the molecule is C[C@@H](OC(=O)c1ccc(OC(F)(F)F)cc1)C(=O)NNC(=O)c1ccccc1. The number of hydrogen-bond donors (Lipinski definition) is 2. The lowest BCUT2D eigenvalue weighted by Crippen LogP contribution is -2.46. The minimum absolute atomic E-state index is 0.0810. The van der Waals surface area contributed by atoms with Crippen molar-refractivity contribution in [1.29, 1.82) is 0 Å². The van der Waals surface area contributed by atoms with E-state index in [1.165, 1.54) is 19.1 Å². The van der Waals surface area contributed by atoms with Crippen molar-refractivity contribution in [3.8, 4) is 5.75 Å². The average molecular weight is 396 g/mol. The predicted molar refractivity (Wildman–Crippen MR) is 90.1 cm³/mol. The number of alkyl halides is 3. The molecule has 0 unspecified atom stereocenters. The summed E-state index contributed by atoms with van der Waals surface area (Å²) in [5.41, 5.74) is 4.51. The van der Waals surface area contributed by atoms with Crippen molar-refractivity contribution in [1.82, 2.24) is 10.9 Å². The molecule has 10 heteroatoms. The van der Waals surface area contributed by atoms with Crippen molar-refractivity contribution in [2.24, 2.45) is 0 Å². The third-order valence-corrected chi connectivity index (χ3v) is 3.31. The fourth-order valence-electron chi connectivity index (χ4n) is 1.96. The van der Waals surface area contributed by atoms with Gasteiger partial charge in [0.1, 0.15) is 5.75 Å². The molecule has 0 fully saturated rings. The number of hydrogen-bond acceptors (Lipinski definition) is 5. The van der Waals surface area contributed by atoms with E-state index in [1.54, 1.807) is 18.2 Å².